The Morgan fingerprint density at radius 1 is 1.17 bits per heavy atom. The second-order valence-electron chi connectivity index (χ2n) is 3.92. The van der Waals surface area contributed by atoms with Gasteiger partial charge in [0.1, 0.15) is 6.04 Å². The number of fused-ring (bicyclic) bond motifs is 1. The number of nitriles is 1. The van der Waals surface area contributed by atoms with Crippen molar-refractivity contribution in [3.8, 4) is 6.07 Å². The summed E-state index contributed by atoms with van der Waals surface area (Å²) in [5, 5.41) is 9.83. The van der Waals surface area contributed by atoms with E-state index in [0.29, 0.717) is 10.8 Å². The molecule has 0 radical (unpaired) electrons. The highest BCUT2D eigenvalue weighted by atomic mass is 19.4. The lowest BCUT2D eigenvalue weighted by Crippen LogP contribution is -2.28. The molecule has 0 saturated heterocycles. The summed E-state index contributed by atoms with van der Waals surface area (Å²) in [6, 6.07) is 9.06. The molecule has 0 aromatic heterocycles. The van der Waals surface area contributed by atoms with E-state index in [0.717, 1.165) is 0 Å². The third-order valence-corrected chi connectivity index (χ3v) is 2.71. The highest BCUT2D eigenvalue weighted by molar-refractivity contribution is 5.87. The van der Waals surface area contributed by atoms with Gasteiger partial charge in [0.15, 0.2) is 0 Å². The van der Waals surface area contributed by atoms with Gasteiger partial charge in [0, 0.05) is 0 Å². The van der Waals surface area contributed by atoms with Crippen LogP contribution in [0.4, 0.5) is 13.2 Å². The molecular formula is C13H9F3N2. The van der Waals surface area contributed by atoms with E-state index in [2.05, 4.69) is 0 Å². The van der Waals surface area contributed by atoms with Crippen LogP contribution in [0.5, 0.6) is 0 Å². The largest absolute Gasteiger partial charge is 0.407 e. The number of benzene rings is 2. The standard InChI is InChI=1S/C13H9F3N2/c14-13(15,16)12(18)11-6-8(7-17)5-9-3-1-2-4-10(9)11/h1-6,12H,18H2/t12-/m0/s1. The first-order chi connectivity index (χ1) is 8.43. The number of halogens is 3. The molecule has 0 spiro atoms. The summed E-state index contributed by atoms with van der Waals surface area (Å²) in [6.45, 7) is 0. The molecule has 2 nitrogen and oxygen atoms in total. The smallest absolute Gasteiger partial charge is 0.316 e. The molecule has 0 amide bonds. The number of alkyl halides is 3. The number of hydrogen-bond donors (Lipinski definition) is 1. The maximum Gasteiger partial charge on any atom is 0.407 e. The van der Waals surface area contributed by atoms with E-state index in [9.17, 15) is 13.2 Å². The molecule has 0 fully saturated rings. The van der Waals surface area contributed by atoms with Crippen molar-refractivity contribution in [1.29, 1.82) is 5.26 Å². The van der Waals surface area contributed by atoms with E-state index < -0.39 is 12.2 Å². The summed E-state index contributed by atoms with van der Waals surface area (Å²) in [4.78, 5) is 0. The summed E-state index contributed by atoms with van der Waals surface area (Å²) in [6.07, 6.45) is -4.53. The van der Waals surface area contributed by atoms with Crippen molar-refractivity contribution in [2.45, 2.75) is 12.2 Å². The van der Waals surface area contributed by atoms with Gasteiger partial charge in [0.25, 0.3) is 0 Å². The second-order valence-corrected chi connectivity index (χ2v) is 3.92. The van der Waals surface area contributed by atoms with Crippen molar-refractivity contribution >= 4 is 10.8 Å². The van der Waals surface area contributed by atoms with Gasteiger partial charge in [-0.25, -0.2) is 0 Å². The lowest BCUT2D eigenvalue weighted by atomic mass is 9.96. The fourth-order valence-electron chi connectivity index (χ4n) is 1.84. The van der Waals surface area contributed by atoms with E-state index >= 15 is 0 Å². The zero-order valence-corrected chi connectivity index (χ0v) is 9.20. The third-order valence-electron chi connectivity index (χ3n) is 2.71. The average Bonchev–Trinajstić information content (AvgIpc) is 2.35. The van der Waals surface area contributed by atoms with Crippen molar-refractivity contribution in [3.05, 3.63) is 47.5 Å². The van der Waals surface area contributed by atoms with Crippen LogP contribution in [0, 0.1) is 11.3 Å². The lowest BCUT2D eigenvalue weighted by molar-refractivity contribution is -0.148. The van der Waals surface area contributed by atoms with Gasteiger partial charge in [-0.15, -0.1) is 0 Å². The SMILES string of the molecule is N#Cc1cc([C@H](N)C(F)(F)F)c2ccccc2c1. The lowest BCUT2D eigenvalue weighted by Gasteiger charge is -2.18. The van der Waals surface area contributed by atoms with E-state index in [-0.39, 0.29) is 11.1 Å². The van der Waals surface area contributed by atoms with Crippen molar-refractivity contribution in [2.75, 3.05) is 0 Å². The van der Waals surface area contributed by atoms with E-state index in [4.69, 9.17) is 11.0 Å². The predicted molar refractivity (Wildman–Crippen MR) is 61.6 cm³/mol. The van der Waals surface area contributed by atoms with Crippen LogP contribution in [0.2, 0.25) is 0 Å². The quantitative estimate of drug-likeness (QED) is 0.844. The van der Waals surface area contributed by atoms with Crippen LogP contribution in [0.15, 0.2) is 36.4 Å². The van der Waals surface area contributed by atoms with Crippen LogP contribution in [0.25, 0.3) is 10.8 Å². The van der Waals surface area contributed by atoms with E-state index in [1.165, 1.54) is 6.07 Å². The zero-order valence-electron chi connectivity index (χ0n) is 9.20. The fourth-order valence-corrected chi connectivity index (χ4v) is 1.84. The molecule has 0 unspecified atom stereocenters. The molecule has 2 N–H and O–H groups in total. The van der Waals surface area contributed by atoms with Gasteiger partial charge in [-0.2, -0.15) is 18.4 Å². The maximum absolute atomic E-state index is 12.7. The first-order valence-corrected chi connectivity index (χ1v) is 5.18. The Bertz CT molecular complexity index is 626. The van der Waals surface area contributed by atoms with Gasteiger partial charge in [0.2, 0.25) is 0 Å². The molecule has 0 saturated carbocycles. The van der Waals surface area contributed by atoms with Gasteiger partial charge in [0.05, 0.1) is 11.6 Å². The van der Waals surface area contributed by atoms with Crippen LogP contribution in [-0.2, 0) is 0 Å². The number of rotatable bonds is 1. The Morgan fingerprint density at radius 2 is 1.83 bits per heavy atom. The van der Waals surface area contributed by atoms with Crippen LogP contribution in [0.1, 0.15) is 17.2 Å². The fraction of sp³-hybridized carbons (Fsp3) is 0.154. The molecule has 1 atom stereocenters. The normalized spacial score (nSPS) is 13.3. The minimum absolute atomic E-state index is 0.0721. The Kier molecular flexibility index (Phi) is 2.97. The zero-order chi connectivity index (χ0) is 13.3. The van der Waals surface area contributed by atoms with Gasteiger partial charge < -0.3 is 5.73 Å². The number of nitrogens with two attached hydrogens (primary N) is 1. The summed E-state index contributed by atoms with van der Waals surface area (Å²) in [7, 11) is 0. The van der Waals surface area contributed by atoms with Crippen molar-refractivity contribution in [1.82, 2.24) is 0 Å². The van der Waals surface area contributed by atoms with Gasteiger partial charge >= 0.3 is 6.18 Å². The molecule has 0 aliphatic rings. The molecule has 2 rings (SSSR count). The minimum atomic E-state index is -4.53. The van der Waals surface area contributed by atoms with Crippen LogP contribution >= 0.6 is 0 Å². The number of nitrogens with zero attached hydrogens (tertiary/aromatic N) is 1. The average molecular weight is 250 g/mol. The molecule has 92 valence electrons. The Morgan fingerprint density at radius 3 is 2.44 bits per heavy atom. The number of hydrogen-bond acceptors (Lipinski definition) is 2. The van der Waals surface area contributed by atoms with Crippen LogP contribution < -0.4 is 5.73 Å². The van der Waals surface area contributed by atoms with Gasteiger partial charge in [-0.3, -0.25) is 0 Å². The molecule has 2 aromatic rings. The summed E-state index contributed by atoms with van der Waals surface area (Å²) in [5.74, 6) is 0. The van der Waals surface area contributed by atoms with Crippen molar-refractivity contribution < 1.29 is 13.2 Å². The molecular weight excluding hydrogens is 241 g/mol. The van der Waals surface area contributed by atoms with Gasteiger partial charge in [-0.1, -0.05) is 24.3 Å². The van der Waals surface area contributed by atoms with Crippen LogP contribution in [-0.4, -0.2) is 6.18 Å². The first-order valence-electron chi connectivity index (χ1n) is 5.18. The summed E-state index contributed by atoms with van der Waals surface area (Å²) in [5.41, 5.74) is 5.33. The maximum atomic E-state index is 12.7. The van der Waals surface area contributed by atoms with Crippen LogP contribution in [0.3, 0.4) is 0 Å². The van der Waals surface area contributed by atoms with Crippen molar-refractivity contribution in [2.24, 2.45) is 5.73 Å². The molecule has 0 bridgehead atoms. The Labute approximate surface area is 101 Å². The second kappa shape index (κ2) is 4.31. The monoisotopic (exact) mass is 250 g/mol. The molecule has 0 heterocycles. The highest BCUT2D eigenvalue weighted by Gasteiger charge is 2.38. The van der Waals surface area contributed by atoms with Crippen molar-refractivity contribution in [3.63, 3.8) is 0 Å². The highest BCUT2D eigenvalue weighted by Crippen LogP contribution is 2.34. The topological polar surface area (TPSA) is 49.8 Å². The predicted octanol–water partition coefficient (Wildman–Crippen LogP) is 3.27. The Balaban J connectivity index is 2.73. The summed E-state index contributed by atoms with van der Waals surface area (Å²) >= 11 is 0. The molecule has 0 aliphatic heterocycles. The molecule has 5 heteroatoms. The van der Waals surface area contributed by atoms with E-state index in [1.54, 1.807) is 30.3 Å². The minimum Gasteiger partial charge on any atom is -0.316 e. The Hall–Kier alpha value is -2.06. The van der Waals surface area contributed by atoms with Gasteiger partial charge in [-0.05, 0) is 28.5 Å². The molecule has 18 heavy (non-hydrogen) atoms. The molecule has 2 aromatic carbocycles. The first kappa shape index (κ1) is 12.4. The summed E-state index contributed by atoms with van der Waals surface area (Å²) < 4.78 is 38.1. The molecule has 0 aliphatic carbocycles. The third kappa shape index (κ3) is 2.15. The van der Waals surface area contributed by atoms with E-state index in [1.807, 2.05) is 6.07 Å².